The lowest BCUT2D eigenvalue weighted by Crippen LogP contribution is -2.28. The van der Waals surface area contributed by atoms with Crippen molar-refractivity contribution in [1.29, 1.82) is 0 Å². The molecule has 136 valence electrons. The summed E-state index contributed by atoms with van der Waals surface area (Å²) in [5, 5.41) is 23.7. The molecule has 6 nitrogen and oxygen atoms in total. The normalized spacial score (nSPS) is 13.0. The number of aliphatic hydroxyl groups is 1. The SMILES string of the molecule is Cc1nn(Cc2ccc(C(=O)O)cc2)c(C)c1CC(O)OC(C)(C)C. The highest BCUT2D eigenvalue weighted by Gasteiger charge is 2.20. The van der Waals surface area contributed by atoms with Gasteiger partial charge in [0.2, 0.25) is 0 Å². The van der Waals surface area contributed by atoms with E-state index >= 15 is 0 Å². The molecule has 1 aromatic carbocycles. The first-order chi connectivity index (χ1) is 11.6. The molecule has 0 amide bonds. The summed E-state index contributed by atoms with van der Waals surface area (Å²) in [6, 6.07) is 6.75. The highest BCUT2D eigenvalue weighted by molar-refractivity contribution is 5.87. The number of aryl methyl sites for hydroxylation is 1. The fraction of sp³-hybridized carbons (Fsp3) is 0.474. The second-order valence-corrected chi connectivity index (χ2v) is 7.20. The van der Waals surface area contributed by atoms with Crippen molar-refractivity contribution < 1.29 is 19.7 Å². The molecule has 2 aromatic rings. The molecule has 1 heterocycles. The van der Waals surface area contributed by atoms with Gasteiger partial charge in [-0.3, -0.25) is 4.68 Å². The number of rotatable bonds is 6. The Hall–Kier alpha value is -2.18. The van der Waals surface area contributed by atoms with Gasteiger partial charge in [0.15, 0.2) is 6.29 Å². The van der Waals surface area contributed by atoms with Crippen molar-refractivity contribution in [3.8, 4) is 0 Å². The summed E-state index contributed by atoms with van der Waals surface area (Å²) in [7, 11) is 0. The summed E-state index contributed by atoms with van der Waals surface area (Å²) in [5.41, 5.74) is 3.61. The Morgan fingerprint density at radius 3 is 2.36 bits per heavy atom. The van der Waals surface area contributed by atoms with Crippen LogP contribution < -0.4 is 0 Å². The van der Waals surface area contributed by atoms with Crippen LogP contribution in [0.15, 0.2) is 24.3 Å². The van der Waals surface area contributed by atoms with Crippen LogP contribution in [-0.2, 0) is 17.7 Å². The number of carboxylic acids is 1. The van der Waals surface area contributed by atoms with E-state index < -0.39 is 17.9 Å². The van der Waals surface area contributed by atoms with E-state index in [0.717, 1.165) is 22.5 Å². The monoisotopic (exact) mass is 346 g/mol. The Kier molecular flexibility index (Phi) is 5.65. The Morgan fingerprint density at radius 1 is 1.24 bits per heavy atom. The predicted molar refractivity (Wildman–Crippen MR) is 94.8 cm³/mol. The third-order valence-electron chi connectivity index (χ3n) is 3.93. The Balaban J connectivity index is 2.14. The molecule has 1 unspecified atom stereocenters. The smallest absolute Gasteiger partial charge is 0.335 e. The van der Waals surface area contributed by atoms with Crippen LogP contribution in [0.4, 0.5) is 0 Å². The molecular formula is C19H26N2O4. The molecule has 0 saturated carbocycles. The molecule has 1 atom stereocenters. The predicted octanol–water partition coefficient (Wildman–Crippen LogP) is 2.92. The van der Waals surface area contributed by atoms with Crippen molar-refractivity contribution in [2.45, 2.75) is 59.5 Å². The lowest BCUT2D eigenvalue weighted by atomic mass is 10.1. The summed E-state index contributed by atoms with van der Waals surface area (Å²) >= 11 is 0. The van der Waals surface area contributed by atoms with Crippen LogP contribution in [0.3, 0.4) is 0 Å². The summed E-state index contributed by atoms with van der Waals surface area (Å²) < 4.78 is 7.44. The molecule has 0 saturated heterocycles. The second kappa shape index (κ2) is 7.37. The van der Waals surface area contributed by atoms with E-state index in [4.69, 9.17) is 9.84 Å². The van der Waals surface area contributed by atoms with E-state index in [9.17, 15) is 9.90 Å². The second-order valence-electron chi connectivity index (χ2n) is 7.20. The van der Waals surface area contributed by atoms with Crippen molar-refractivity contribution >= 4 is 5.97 Å². The van der Waals surface area contributed by atoms with Crippen LogP contribution in [0.1, 0.15) is 53.6 Å². The zero-order chi connectivity index (χ0) is 18.8. The first kappa shape index (κ1) is 19.1. The third-order valence-corrected chi connectivity index (χ3v) is 3.93. The number of carboxylic acid groups (broad SMARTS) is 1. The van der Waals surface area contributed by atoms with Gasteiger partial charge in [0, 0.05) is 17.7 Å². The quantitative estimate of drug-likeness (QED) is 0.786. The largest absolute Gasteiger partial charge is 0.478 e. The fourth-order valence-electron chi connectivity index (χ4n) is 2.73. The number of carbonyl (C=O) groups is 1. The van der Waals surface area contributed by atoms with Crippen LogP contribution in [0.5, 0.6) is 0 Å². The third kappa shape index (κ3) is 5.14. The minimum absolute atomic E-state index is 0.264. The van der Waals surface area contributed by atoms with Gasteiger partial charge in [-0.1, -0.05) is 12.1 Å². The number of aromatic nitrogens is 2. The number of aliphatic hydroxyl groups excluding tert-OH is 1. The van der Waals surface area contributed by atoms with E-state index in [-0.39, 0.29) is 5.56 Å². The fourth-order valence-corrected chi connectivity index (χ4v) is 2.73. The van der Waals surface area contributed by atoms with Crippen LogP contribution in [0.25, 0.3) is 0 Å². The zero-order valence-corrected chi connectivity index (χ0v) is 15.4. The molecule has 0 aliphatic carbocycles. The molecule has 0 fully saturated rings. The van der Waals surface area contributed by atoms with Crippen LogP contribution in [0.2, 0.25) is 0 Å². The molecule has 0 aliphatic heterocycles. The van der Waals surface area contributed by atoms with Crippen molar-refractivity contribution in [3.63, 3.8) is 0 Å². The Morgan fingerprint density at radius 2 is 1.84 bits per heavy atom. The van der Waals surface area contributed by atoms with Crippen molar-refractivity contribution in [1.82, 2.24) is 9.78 Å². The minimum Gasteiger partial charge on any atom is -0.478 e. The van der Waals surface area contributed by atoms with Crippen LogP contribution >= 0.6 is 0 Å². The van der Waals surface area contributed by atoms with Crippen LogP contribution in [0, 0.1) is 13.8 Å². The van der Waals surface area contributed by atoms with E-state index in [2.05, 4.69) is 5.10 Å². The minimum atomic E-state index is -0.937. The molecule has 0 spiro atoms. The highest BCUT2D eigenvalue weighted by Crippen LogP contribution is 2.19. The number of nitrogens with zero attached hydrogens (tertiary/aromatic N) is 2. The Bertz CT molecular complexity index is 742. The molecule has 2 rings (SSSR count). The topological polar surface area (TPSA) is 84.6 Å². The molecule has 0 aliphatic rings. The van der Waals surface area contributed by atoms with E-state index in [1.807, 2.05) is 39.3 Å². The van der Waals surface area contributed by atoms with Gasteiger partial charge in [-0.25, -0.2) is 4.79 Å². The van der Waals surface area contributed by atoms with Crippen LogP contribution in [-0.4, -0.2) is 37.9 Å². The molecule has 2 N–H and O–H groups in total. The van der Waals surface area contributed by atoms with Gasteiger partial charge in [0.05, 0.1) is 23.4 Å². The average molecular weight is 346 g/mol. The zero-order valence-electron chi connectivity index (χ0n) is 15.4. The van der Waals surface area contributed by atoms with Crippen molar-refractivity contribution in [2.24, 2.45) is 0 Å². The maximum atomic E-state index is 10.9. The van der Waals surface area contributed by atoms with Crippen molar-refractivity contribution in [2.75, 3.05) is 0 Å². The van der Waals surface area contributed by atoms with E-state index in [0.29, 0.717) is 13.0 Å². The highest BCUT2D eigenvalue weighted by atomic mass is 16.6. The lowest BCUT2D eigenvalue weighted by molar-refractivity contribution is -0.164. The van der Waals surface area contributed by atoms with Gasteiger partial charge in [-0.05, 0) is 52.3 Å². The number of hydrogen-bond acceptors (Lipinski definition) is 4. The number of hydrogen-bond donors (Lipinski definition) is 2. The number of aromatic carboxylic acids is 1. The van der Waals surface area contributed by atoms with Gasteiger partial charge >= 0.3 is 5.97 Å². The Labute approximate surface area is 148 Å². The van der Waals surface area contributed by atoms with Gasteiger partial charge in [-0.15, -0.1) is 0 Å². The maximum Gasteiger partial charge on any atom is 0.335 e. The summed E-state index contributed by atoms with van der Waals surface area (Å²) in [4.78, 5) is 10.9. The van der Waals surface area contributed by atoms with Gasteiger partial charge < -0.3 is 14.9 Å². The van der Waals surface area contributed by atoms with Gasteiger partial charge in [0.1, 0.15) is 0 Å². The summed E-state index contributed by atoms with van der Waals surface area (Å²) in [5.74, 6) is -0.937. The molecule has 0 radical (unpaired) electrons. The first-order valence-electron chi connectivity index (χ1n) is 8.28. The first-order valence-corrected chi connectivity index (χ1v) is 8.28. The van der Waals surface area contributed by atoms with E-state index in [1.54, 1.807) is 24.3 Å². The summed E-state index contributed by atoms with van der Waals surface area (Å²) in [6.07, 6.45) is -0.503. The van der Waals surface area contributed by atoms with E-state index in [1.165, 1.54) is 0 Å². The van der Waals surface area contributed by atoms with Gasteiger partial charge in [-0.2, -0.15) is 5.10 Å². The molecular weight excluding hydrogens is 320 g/mol. The van der Waals surface area contributed by atoms with Gasteiger partial charge in [0.25, 0.3) is 0 Å². The number of benzene rings is 1. The maximum absolute atomic E-state index is 10.9. The number of ether oxygens (including phenoxy) is 1. The molecule has 25 heavy (non-hydrogen) atoms. The van der Waals surface area contributed by atoms with Crippen molar-refractivity contribution in [3.05, 3.63) is 52.3 Å². The summed E-state index contributed by atoms with van der Waals surface area (Å²) in [6.45, 7) is 10.1. The molecule has 0 bridgehead atoms. The standard InChI is InChI=1S/C19H26N2O4/c1-12-16(10-17(22)25-19(3,4)5)13(2)21(20-12)11-14-6-8-15(9-7-14)18(23)24/h6-9,17,22H,10-11H2,1-5H3,(H,23,24). The average Bonchev–Trinajstić information content (AvgIpc) is 2.73. The lowest BCUT2D eigenvalue weighted by Gasteiger charge is -2.24. The molecule has 6 heteroatoms. The molecule has 1 aromatic heterocycles.